The van der Waals surface area contributed by atoms with Crippen molar-refractivity contribution < 1.29 is 10.6 Å². The summed E-state index contributed by atoms with van der Waals surface area (Å²) in [6.07, 6.45) is 47.4. The molecule has 3 heteroatoms. The van der Waals surface area contributed by atoms with Gasteiger partial charge in [0.15, 0.2) is 0 Å². The van der Waals surface area contributed by atoms with Crippen LogP contribution in [-0.2, 0) is 10.0 Å². The van der Waals surface area contributed by atoms with E-state index in [1.807, 2.05) is 38.8 Å². The Morgan fingerprint density at radius 1 is 0.234 bits per heavy atom. The maximum atomic E-state index is 2.34. The van der Waals surface area contributed by atoms with E-state index in [-0.39, 0.29) is 0 Å². The van der Waals surface area contributed by atoms with Gasteiger partial charge in [-0.15, -0.1) is 0 Å². The molecule has 0 atom stereocenters. The summed E-state index contributed by atoms with van der Waals surface area (Å²) < 4.78 is 0. The van der Waals surface area contributed by atoms with Gasteiger partial charge in [-0.05, 0) is 0 Å². The fraction of sp³-hybridized carbons (Fsp3) is 1.00. The molecule has 4 N–H and O–H groups in total. The van der Waals surface area contributed by atoms with Gasteiger partial charge < -0.3 is 20.7 Å². The fourth-order valence-electron chi connectivity index (χ4n) is 6.78. The SMILES string of the molecule is CCCCCCCCCC[S-2](CCCCCCCCCC)(CCCCCCCCCC)CCCCCCCCCC.C[NH2+]C.C[NH2+]C. The lowest BCUT2D eigenvalue weighted by Crippen LogP contribution is -2.74. The van der Waals surface area contributed by atoms with Crippen molar-refractivity contribution in [3.05, 3.63) is 0 Å². The third kappa shape index (κ3) is 46.3. The van der Waals surface area contributed by atoms with Crippen LogP contribution in [0.4, 0.5) is 0 Å². The van der Waals surface area contributed by atoms with Gasteiger partial charge in [-0.1, -0.05) is 233 Å². The Labute approximate surface area is 304 Å². The first-order valence-electron chi connectivity index (χ1n) is 22.3. The Morgan fingerprint density at radius 2 is 0.362 bits per heavy atom. The lowest BCUT2D eigenvalue weighted by Gasteiger charge is -2.71. The number of hydrogen-bond donors (Lipinski definition) is 2. The molecule has 0 aliphatic carbocycles. The molecule has 0 rings (SSSR count). The Kier molecular flexibility index (Phi) is 53.2. The van der Waals surface area contributed by atoms with Crippen LogP contribution in [0.2, 0.25) is 0 Å². The Bertz CT molecular complexity index is 410. The van der Waals surface area contributed by atoms with Gasteiger partial charge in [-0.25, -0.2) is 23.0 Å². The number of rotatable bonds is 36. The zero-order valence-corrected chi connectivity index (χ0v) is 35.8. The van der Waals surface area contributed by atoms with Crippen LogP contribution in [0.1, 0.15) is 233 Å². The van der Waals surface area contributed by atoms with Crippen molar-refractivity contribution in [1.82, 2.24) is 0 Å². The zero-order chi connectivity index (χ0) is 35.4. The summed E-state index contributed by atoms with van der Waals surface area (Å²) in [6.45, 7) is 9.36. The molecule has 0 aliphatic heterocycles. The highest BCUT2D eigenvalue weighted by atomic mass is 32.3. The van der Waals surface area contributed by atoms with Crippen molar-refractivity contribution in [2.24, 2.45) is 0 Å². The van der Waals surface area contributed by atoms with Crippen LogP contribution in [0, 0.1) is 0 Å². The molecule has 0 heterocycles. The topological polar surface area (TPSA) is 33.2 Å². The van der Waals surface area contributed by atoms with E-state index in [9.17, 15) is 0 Å². The summed E-state index contributed by atoms with van der Waals surface area (Å²) in [5, 5.41) is 4.00. The van der Waals surface area contributed by atoms with E-state index < -0.39 is 10.0 Å². The standard InChI is InChI=1S/C40H84S.2C2H7N/c1-5-9-13-17-21-25-29-33-37-41(38-34-30-26-22-18-14-10-6-2,39-35-31-27-23-19-15-11-7-3)40-36-32-28-24-20-16-12-8-4;2*1-3-2/h5-40H2,1-4H3;2*3H,1-2H3/q-2;;/p+2. The second-order valence-corrected chi connectivity index (χ2v) is 19.2. The van der Waals surface area contributed by atoms with Gasteiger partial charge in [0.25, 0.3) is 0 Å². The van der Waals surface area contributed by atoms with E-state index >= 15 is 0 Å². The first-order chi connectivity index (χ1) is 23.1. The molecule has 0 amide bonds. The smallest absolute Gasteiger partial charge is 0.0647 e. The maximum Gasteiger partial charge on any atom is 0.0647 e. The van der Waals surface area contributed by atoms with Crippen molar-refractivity contribution in [1.29, 1.82) is 0 Å². The van der Waals surface area contributed by atoms with Gasteiger partial charge in [-0.2, -0.15) is 0 Å². The minimum atomic E-state index is -0.402. The van der Waals surface area contributed by atoms with Gasteiger partial charge in [0, 0.05) is 0 Å². The largest absolute Gasteiger partial charge is 0.733 e. The second kappa shape index (κ2) is 48.4. The number of unbranched alkanes of at least 4 members (excludes halogenated alkanes) is 28. The maximum absolute atomic E-state index is 2.34. The van der Waals surface area contributed by atoms with Crippen LogP contribution in [0.5, 0.6) is 0 Å². The normalized spacial score (nSPS) is 11.6. The van der Waals surface area contributed by atoms with Crippen molar-refractivity contribution >= 4 is 10.0 Å². The van der Waals surface area contributed by atoms with E-state index in [1.165, 1.54) is 180 Å². The first kappa shape index (κ1) is 51.6. The zero-order valence-electron chi connectivity index (χ0n) is 35.0. The predicted molar refractivity (Wildman–Crippen MR) is 225 cm³/mol. The van der Waals surface area contributed by atoms with E-state index in [2.05, 4.69) is 27.7 Å². The second-order valence-electron chi connectivity index (χ2n) is 15.1. The Hall–Kier alpha value is 0.270. The minimum Gasteiger partial charge on any atom is -0.733 e. The molecular formula is C44H100N2S. The molecule has 0 fully saturated rings. The lowest BCUT2D eigenvalue weighted by atomic mass is 10.1. The Balaban J connectivity index is -0.00000297. The molecule has 0 aromatic rings. The molecule has 0 saturated carbocycles. The van der Waals surface area contributed by atoms with Gasteiger partial charge in [0.2, 0.25) is 0 Å². The molecule has 0 radical (unpaired) electrons. The van der Waals surface area contributed by atoms with Crippen LogP contribution in [0.3, 0.4) is 0 Å². The van der Waals surface area contributed by atoms with Gasteiger partial charge >= 0.3 is 0 Å². The van der Waals surface area contributed by atoms with Crippen molar-refractivity contribution in [2.75, 3.05) is 51.2 Å². The summed E-state index contributed by atoms with van der Waals surface area (Å²) in [7, 11) is 7.60. The van der Waals surface area contributed by atoms with E-state index in [1.54, 1.807) is 48.7 Å². The van der Waals surface area contributed by atoms with Gasteiger partial charge in [0.1, 0.15) is 0 Å². The quantitative estimate of drug-likeness (QED) is 0.0614. The van der Waals surface area contributed by atoms with Crippen molar-refractivity contribution in [3.63, 3.8) is 0 Å². The number of nitrogens with two attached hydrogens (primary N) is 2. The molecule has 0 aromatic heterocycles. The monoisotopic (exact) mass is 689 g/mol. The van der Waals surface area contributed by atoms with Crippen molar-refractivity contribution in [3.8, 4) is 0 Å². The van der Waals surface area contributed by atoms with Crippen LogP contribution in [0.25, 0.3) is 0 Å². The molecule has 0 unspecified atom stereocenters. The van der Waals surface area contributed by atoms with Crippen LogP contribution >= 0.6 is 0 Å². The molecule has 0 aliphatic rings. The fourth-order valence-corrected chi connectivity index (χ4v) is 11.3. The molecule has 0 bridgehead atoms. The van der Waals surface area contributed by atoms with E-state index in [4.69, 9.17) is 0 Å². The van der Waals surface area contributed by atoms with Crippen LogP contribution < -0.4 is 10.6 Å². The molecule has 0 saturated heterocycles. The molecule has 2 nitrogen and oxygen atoms in total. The van der Waals surface area contributed by atoms with Gasteiger partial charge in [0.05, 0.1) is 28.2 Å². The third-order valence-electron chi connectivity index (χ3n) is 9.72. The van der Waals surface area contributed by atoms with E-state index in [0.29, 0.717) is 0 Å². The van der Waals surface area contributed by atoms with Gasteiger partial charge in [-0.3, -0.25) is 0 Å². The summed E-state index contributed by atoms with van der Waals surface area (Å²) in [6, 6.07) is 0. The summed E-state index contributed by atoms with van der Waals surface area (Å²) in [5.41, 5.74) is 0. The Morgan fingerprint density at radius 3 is 0.511 bits per heavy atom. The molecular weight excluding hydrogens is 589 g/mol. The van der Waals surface area contributed by atoms with Crippen LogP contribution in [-0.4, -0.2) is 51.2 Å². The first-order valence-corrected chi connectivity index (χ1v) is 24.6. The highest BCUT2D eigenvalue weighted by Crippen LogP contribution is 2.28. The minimum absolute atomic E-state index is 0.402. The lowest BCUT2D eigenvalue weighted by molar-refractivity contribution is -0.597. The van der Waals surface area contributed by atoms with Crippen LogP contribution in [0.15, 0.2) is 0 Å². The number of quaternary nitrogens is 2. The molecule has 0 spiro atoms. The predicted octanol–water partition coefficient (Wildman–Crippen LogP) is 12.3. The molecule has 47 heavy (non-hydrogen) atoms. The summed E-state index contributed by atoms with van der Waals surface area (Å²) in [4.78, 5) is 0. The summed E-state index contributed by atoms with van der Waals surface area (Å²) >= 11 is 0. The van der Waals surface area contributed by atoms with Crippen molar-refractivity contribution in [2.45, 2.75) is 233 Å². The summed E-state index contributed by atoms with van der Waals surface area (Å²) in [5.74, 6) is 6.52. The highest BCUT2D eigenvalue weighted by molar-refractivity contribution is 8.14. The molecule has 292 valence electrons. The third-order valence-corrected chi connectivity index (χ3v) is 14.3. The number of hydrogen-bond acceptors (Lipinski definition) is 0. The molecule has 0 aromatic carbocycles. The van der Waals surface area contributed by atoms with E-state index in [0.717, 1.165) is 0 Å². The average Bonchev–Trinajstić information content (AvgIpc) is 3.06. The highest BCUT2D eigenvalue weighted by Gasteiger charge is 2.02. The average molecular weight is 689 g/mol.